The molecular weight excluding hydrogens is 368 g/mol. The van der Waals surface area contributed by atoms with Crippen molar-refractivity contribution in [3.8, 4) is 0 Å². The molecule has 11 nitrogen and oxygen atoms in total. The van der Waals surface area contributed by atoms with Crippen molar-refractivity contribution in [3.63, 3.8) is 0 Å². The fourth-order valence-corrected chi connectivity index (χ4v) is 3.62. The lowest BCUT2D eigenvalue weighted by molar-refractivity contribution is -0.146. The molecule has 2 aromatic rings. The Kier molecular flexibility index (Phi) is 5.47. The number of aromatic nitrogens is 4. The highest BCUT2D eigenvalue weighted by Gasteiger charge is 2.43. The molecule has 0 aliphatic heterocycles. The molecule has 5 N–H and O–H groups in total. The summed E-state index contributed by atoms with van der Waals surface area (Å²) in [6.45, 7) is 0.0739. The fourth-order valence-electron chi connectivity index (χ4n) is 3.62. The zero-order valence-electron chi connectivity index (χ0n) is 15.5. The molecule has 11 heteroatoms. The van der Waals surface area contributed by atoms with Crippen LogP contribution in [-0.2, 0) is 16.1 Å². The lowest BCUT2D eigenvalue weighted by Crippen LogP contribution is -2.54. The number of carbonyl (C=O) groups is 2. The Balaban J connectivity index is 1.67. The van der Waals surface area contributed by atoms with E-state index in [2.05, 4.69) is 15.0 Å². The fraction of sp³-hybridized carbons (Fsp3) is 0.588. The van der Waals surface area contributed by atoms with E-state index < -0.39 is 17.7 Å². The molecular formula is C17H24N6O5. The molecule has 1 saturated carbocycles. The summed E-state index contributed by atoms with van der Waals surface area (Å²) in [6.07, 6.45) is 2.33. The topological polar surface area (TPSA) is 168 Å². The number of hydrogen-bond donors (Lipinski definition) is 4. The molecule has 0 bridgehead atoms. The summed E-state index contributed by atoms with van der Waals surface area (Å²) in [5.41, 5.74) is 5.26. The number of hydrogen-bond acceptors (Lipinski definition) is 8. The molecule has 28 heavy (non-hydrogen) atoms. The predicted molar refractivity (Wildman–Crippen MR) is 98.0 cm³/mol. The third-order valence-electron chi connectivity index (χ3n) is 5.39. The van der Waals surface area contributed by atoms with Crippen LogP contribution in [0.25, 0.3) is 11.2 Å². The summed E-state index contributed by atoms with van der Waals surface area (Å²) in [7, 11) is 1.59. The maximum atomic E-state index is 12.1. The first-order valence-corrected chi connectivity index (χ1v) is 9.00. The van der Waals surface area contributed by atoms with Gasteiger partial charge in [0.25, 0.3) is 0 Å². The van der Waals surface area contributed by atoms with E-state index >= 15 is 0 Å². The van der Waals surface area contributed by atoms with Gasteiger partial charge >= 0.3 is 5.97 Å². The molecule has 0 aromatic carbocycles. The predicted octanol–water partition coefficient (Wildman–Crippen LogP) is -0.624. The standard InChI is InChI=1S/C17H24N6O5/c1-22(12(25)2-3-13(26)27)10-4-5-17(28,11(24)6-10)7-23-9-21-14-15(18)19-8-20-16(14)23/h8-11,24,28H,2-7H2,1H3,(H,26,27)(H2,18,19,20)/t10-,11+,17+/m0/s1. The quantitative estimate of drug-likeness (QED) is 0.500. The van der Waals surface area contributed by atoms with Crippen LogP contribution < -0.4 is 5.73 Å². The molecule has 0 radical (unpaired) electrons. The van der Waals surface area contributed by atoms with Gasteiger partial charge in [-0.1, -0.05) is 0 Å². The van der Waals surface area contributed by atoms with Crippen LogP contribution in [0, 0.1) is 0 Å². The first-order valence-electron chi connectivity index (χ1n) is 9.00. The number of anilines is 1. The van der Waals surface area contributed by atoms with Gasteiger partial charge in [-0.05, 0) is 19.3 Å². The SMILES string of the molecule is CN(C(=O)CCC(=O)O)[C@H]1CC[C@@](O)(Cn2cnc3c(N)ncnc32)[C@H](O)C1. The van der Waals surface area contributed by atoms with Gasteiger partial charge in [-0.2, -0.15) is 0 Å². The molecule has 1 fully saturated rings. The molecule has 0 spiro atoms. The van der Waals surface area contributed by atoms with Crippen molar-refractivity contribution in [1.29, 1.82) is 0 Å². The Bertz CT molecular complexity index is 886. The first kappa shape index (κ1) is 20.0. The summed E-state index contributed by atoms with van der Waals surface area (Å²) in [5, 5.41) is 30.3. The van der Waals surface area contributed by atoms with Gasteiger partial charge in [-0.3, -0.25) is 9.59 Å². The number of aliphatic carboxylic acids is 1. The van der Waals surface area contributed by atoms with Crippen molar-refractivity contribution in [2.75, 3.05) is 12.8 Å². The summed E-state index contributed by atoms with van der Waals surface area (Å²) in [4.78, 5) is 36.4. The average Bonchev–Trinajstić information content (AvgIpc) is 3.05. The lowest BCUT2D eigenvalue weighted by atomic mass is 9.79. The van der Waals surface area contributed by atoms with Crippen molar-refractivity contribution < 1.29 is 24.9 Å². The van der Waals surface area contributed by atoms with Crippen LogP contribution in [0.2, 0.25) is 0 Å². The summed E-state index contributed by atoms with van der Waals surface area (Å²) in [5.74, 6) is -1.09. The second-order valence-electron chi connectivity index (χ2n) is 7.25. The van der Waals surface area contributed by atoms with Gasteiger partial charge in [0.1, 0.15) is 17.4 Å². The molecule has 3 atom stereocenters. The largest absolute Gasteiger partial charge is 0.481 e. The molecule has 0 unspecified atom stereocenters. The van der Waals surface area contributed by atoms with Crippen LogP contribution in [0.4, 0.5) is 5.82 Å². The number of nitrogen functional groups attached to an aromatic ring is 1. The van der Waals surface area contributed by atoms with Crippen molar-refractivity contribution in [2.24, 2.45) is 0 Å². The summed E-state index contributed by atoms with van der Waals surface area (Å²) < 4.78 is 1.62. The molecule has 3 rings (SSSR count). The number of nitrogens with zero attached hydrogens (tertiary/aromatic N) is 5. The number of amides is 1. The van der Waals surface area contributed by atoms with E-state index in [1.54, 1.807) is 11.6 Å². The molecule has 1 aliphatic rings. The maximum Gasteiger partial charge on any atom is 0.303 e. The van der Waals surface area contributed by atoms with E-state index in [9.17, 15) is 19.8 Å². The first-order chi connectivity index (χ1) is 13.2. The van der Waals surface area contributed by atoms with E-state index in [0.717, 1.165) is 0 Å². The highest BCUT2D eigenvalue weighted by Crippen LogP contribution is 2.33. The van der Waals surface area contributed by atoms with Crippen LogP contribution in [-0.4, -0.2) is 76.4 Å². The molecule has 2 heterocycles. The number of carbonyl (C=O) groups excluding carboxylic acids is 1. The van der Waals surface area contributed by atoms with Crippen LogP contribution in [0.1, 0.15) is 32.1 Å². The van der Waals surface area contributed by atoms with Crippen molar-refractivity contribution in [2.45, 2.75) is 56.4 Å². The molecule has 0 saturated heterocycles. The average molecular weight is 392 g/mol. The van der Waals surface area contributed by atoms with E-state index in [0.29, 0.717) is 17.6 Å². The monoisotopic (exact) mass is 392 g/mol. The molecule has 1 aliphatic carbocycles. The molecule has 2 aromatic heterocycles. The second-order valence-corrected chi connectivity index (χ2v) is 7.25. The minimum Gasteiger partial charge on any atom is -0.481 e. The minimum atomic E-state index is -1.41. The van der Waals surface area contributed by atoms with E-state index in [-0.39, 0.29) is 50.0 Å². The second kappa shape index (κ2) is 7.68. The number of carboxylic acid groups (broad SMARTS) is 1. The van der Waals surface area contributed by atoms with E-state index in [1.165, 1.54) is 17.6 Å². The number of rotatable bonds is 6. The number of aliphatic hydroxyl groups is 2. The molecule has 152 valence electrons. The minimum absolute atomic E-state index is 0.0739. The van der Waals surface area contributed by atoms with Gasteiger partial charge in [0.15, 0.2) is 11.5 Å². The number of nitrogens with two attached hydrogens (primary N) is 1. The van der Waals surface area contributed by atoms with E-state index in [1.807, 2.05) is 0 Å². The zero-order chi connectivity index (χ0) is 20.5. The van der Waals surface area contributed by atoms with E-state index in [4.69, 9.17) is 10.8 Å². The van der Waals surface area contributed by atoms with Crippen LogP contribution in [0.15, 0.2) is 12.7 Å². The zero-order valence-corrected chi connectivity index (χ0v) is 15.5. The van der Waals surface area contributed by atoms with Crippen molar-refractivity contribution in [3.05, 3.63) is 12.7 Å². The lowest BCUT2D eigenvalue weighted by Gasteiger charge is -2.43. The Labute approximate surface area is 160 Å². The van der Waals surface area contributed by atoms with Crippen LogP contribution in [0.3, 0.4) is 0 Å². The van der Waals surface area contributed by atoms with Crippen molar-refractivity contribution >= 4 is 28.9 Å². The maximum absolute atomic E-state index is 12.1. The Morgan fingerprint density at radius 1 is 1.36 bits per heavy atom. The van der Waals surface area contributed by atoms with Gasteiger partial charge in [-0.25, -0.2) is 15.0 Å². The Hall–Kier alpha value is -2.79. The third kappa shape index (κ3) is 3.90. The van der Waals surface area contributed by atoms with Gasteiger partial charge in [-0.15, -0.1) is 0 Å². The number of fused-ring (bicyclic) bond motifs is 1. The van der Waals surface area contributed by atoms with Gasteiger partial charge in [0.05, 0.1) is 25.4 Å². The van der Waals surface area contributed by atoms with Crippen LogP contribution in [0.5, 0.6) is 0 Å². The summed E-state index contributed by atoms with van der Waals surface area (Å²) in [6, 6.07) is -0.269. The number of imidazole rings is 1. The van der Waals surface area contributed by atoms with Gasteiger partial charge in [0.2, 0.25) is 5.91 Å². The highest BCUT2D eigenvalue weighted by atomic mass is 16.4. The molecule has 1 amide bonds. The van der Waals surface area contributed by atoms with Gasteiger partial charge < -0.3 is 30.5 Å². The normalized spacial score (nSPS) is 25.0. The van der Waals surface area contributed by atoms with Crippen LogP contribution >= 0.6 is 0 Å². The smallest absolute Gasteiger partial charge is 0.303 e. The Morgan fingerprint density at radius 2 is 2.11 bits per heavy atom. The third-order valence-corrected chi connectivity index (χ3v) is 5.39. The van der Waals surface area contributed by atoms with Crippen molar-refractivity contribution in [1.82, 2.24) is 24.4 Å². The number of aliphatic hydroxyl groups excluding tert-OH is 1. The Morgan fingerprint density at radius 3 is 2.79 bits per heavy atom. The highest BCUT2D eigenvalue weighted by molar-refractivity contribution is 5.81. The van der Waals surface area contributed by atoms with Gasteiger partial charge in [0, 0.05) is 19.5 Å². The summed E-state index contributed by atoms with van der Waals surface area (Å²) >= 11 is 0. The number of carboxylic acids is 1.